The lowest BCUT2D eigenvalue weighted by Crippen LogP contribution is -2.35. The molecule has 1 aliphatic heterocycles. The van der Waals surface area contributed by atoms with Crippen molar-refractivity contribution >= 4 is 28.9 Å². The molecule has 0 spiro atoms. The Bertz CT molecular complexity index is 956. The van der Waals surface area contributed by atoms with Gasteiger partial charge in [0.05, 0.1) is 18.8 Å². The summed E-state index contributed by atoms with van der Waals surface area (Å²) in [5.74, 6) is 0.241. The third-order valence-corrected chi connectivity index (χ3v) is 5.54. The Morgan fingerprint density at radius 1 is 1.25 bits per heavy atom. The third kappa shape index (κ3) is 4.33. The first-order valence-electron chi connectivity index (χ1n) is 8.91. The molecule has 3 aromatic heterocycles. The number of carbonyl (C=O) groups is 1. The molecular formula is C19H20N6O2S. The lowest BCUT2D eigenvalue weighted by atomic mass is 10.1. The van der Waals surface area contributed by atoms with Crippen LogP contribution in [0.4, 0.5) is 11.6 Å². The molecule has 1 fully saturated rings. The monoisotopic (exact) mass is 396 g/mol. The summed E-state index contributed by atoms with van der Waals surface area (Å²) < 4.78 is 5.40. The number of nitrogens with two attached hydrogens (primary N) is 1. The maximum absolute atomic E-state index is 12.6. The number of ether oxygens (including phenoxy) is 1. The maximum atomic E-state index is 12.6. The van der Waals surface area contributed by atoms with Gasteiger partial charge in [-0.1, -0.05) is 0 Å². The first-order chi connectivity index (χ1) is 13.7. The van der Waals surface area contributed by atoms with Crippen LogP contribution >= 0.6 is 11.3 Å². The number of carbonyl (C=O) groups excluding carboxylic acids is 1. The summed E-state index contributed by atoms with van der Waals surface area (Å²) in [7, 11) is 0. The quantitative estimate of drug-likeness (QED) is 0.681. The van der Waals surface area contributed by atoms with Gasteiger partial charge in [0.15, 0.2) is 0 Å². The fraction of sp³-hybridized carbons (Fsp3) is 0.263. The van der Waals surface area contributed by atoms with Crippen molar-refractivity contribution in [2.75, 3.05) is 37.4 Å². The number of hydrogen-bond acceptors (Lipinski definition) is 8. The summed E-state index contributed by atoms with van der Waals surface area (Å²) in [5, 5.41) is 2.71. The van der Waals surface area contributed by atoms with Gasteiger partial charge in [-0.2, -0.15) is 0 Å². The Kier molecular flexibility index (Phi) is 5.56. The van der Waals surface area contributed by atoms with Gasteiger partial charge < -0.3 is 15.8 Å². The Labute approximate surface area is 166 Å². The molecular weight excluding hydrogens is 376 g/mol. The molecule has 4 heterocycles. The van der Waals surface area contributed by atoms with Crippen molar-refractivity contribution in [3.05, 3.63) is 53.4 Å². The van der Waals surface area contributed by atoms with Gasteiger partial charge in [-0.3, -0.25) is 9.69 Å². The second kappa shape index (κ2) is 8.42. The zero-order valence-electron chi connectivity index (χ0n) is 15.2. The number of nitrogens with one attached hydrogen (secondary N) is 1. The SMILES string of the molecule is Nc1ncc(-c2ccc(CN3CCOCC3)s2)cc1C(=O)Nc1ccncn1. The van der Waals surface area contributed by atoms with Gasteiger partial charge in [0.25, 0.3) is 5.91 Å². The maximum Gasteiger partial charge on any atom is 0.260 e. The Morgan fingerprint density at radius 2 is 2.11 bits per heavy atom. The van der Waals surface area contributed by atoms with Crippen molar-refractivity contribution in [1.82, 2.24) is 19.9 Å². The van der Waals surface area contributed by atoms with E-state index in [4.69, 9.17) is 10.5 Å². The Morgan fingerprint density at radius 3 is 2.89 bits per heavy atom. The molecule has 3 aromatic rings. The summed E-state index contributed by atoms with van der Waals surface area (Å²) >= 11 is 1.69. The number of amides is 1. The van der Waals surface area contributed by atoms with Crippen molar-refractivity contribution in [1.29, 1.82) is 0 Å². The average Bonchev–Trinajstić information content (AvgIpc) is 3.18. The van der Waals surface area contributed by atoms with Crippen LogP contribution in [-0.2, 0) is 11.3 Å². The summed E-state index contributed by atoms with van der Waals surface area (Å²) in [6, 6.07) is 7.55. The minimum Gasteiger partial charge on any atom is -0.383 e. The number of rotatable bonds is 5. The number of pyridine rings is 1. The van der Waals surface area contributed by atoms with Crippen LogP contribution in [-0.4, -0.2) is 52.1 Å². The van der Waals surface area contributed by atoms with Crippen LogP contribution in [0.5, 0.6) is 0 Å². The average molecular weight is 396 g/mol. The van der Waals surface area contributed by atoms with Gasteiger partial charge in [-0.05, 0) is 24.3 Å². The van der Waals surface area contributed by atoms with Gasteiger partial charge in [-0.15, -0.1) is 11.3 Å². The van der Waals surface area contributed by atoms with E-state index in [-0.39, 0.29) is 11.7 Å². The lowest BCUT2D eigenvalue weighted by Gasteiger charge is -2.25. The van der Waals surface area contributed by atoms with Crippen molar-refractivity contribution in [2.24, 2.45) is 0 Å². The minimum atomic E-state index is -0.351. The normalized spacial score (nSPS) is 14.7. The molecule has 0 aliphatic carbocycles. The summed E-state index contributed by atoms with van der Waals surface area (Å²) in [6.07, 6.45) is 4.62. The number of thiophene rings is 1. The summed E-state index contributed by atoms with van der Waals surface area (Å²) in [4.78, 5) is 29.3. The molecule has 0 aromatic carbocycles. The van der Waals surface area contributed by atoms with Crippen LogP contribution in [0.15, 0.2) is 43.0 Å². The van der Waals surface area contributed by atoms with Crippen molar-refractivity contribution in [3.8, 4) is 10.4 Å². The Hall–Kier alpha value is -2.88. The second-order valence-electron chi connectivity index (χ2n) is 6.36. The highest BCUT2D eigenvalue weighted by molar-refractivity contribution is 7.15. The third-order valence-electron chi connectivity index (χ3n) is 4.42. The molecule has 9 heteroatoms. The Balaban J connectivity index is 1.51. The van der Waals surface area contributed by atoms with E-state index in [1.165, 1.54) is 11.2 Å². The lowest BCUT2D eigenvalue weighted by molar-refractivity contribution is 0.0346. The summed E-state index contributed by atoms with van der Waals surface area (Å²) in [6.45, 7) is 4.36. The van der Waals surface area contributed by atoms with Gasteiger partial charge in [-0.25, -0.2) is 15.0 Å². The number of hydrogen-bond donors (Lipinski definition) is 2. The highest BCUT2D eigenvalue weighted by Gasteiger charge is 2.16. The standard InChI is InChI=1S/C19H20N6O2S/c20-18-15(19(26)24-17-3-4-21-12-23-17)9-13(10-22-18)16-2-1-14(28-16)11-25-5-7-27-8-6-25/h1-4,9-10,12H,5-8,11H2,(H2,20,22)(H,21,23,24,26). The van der Waals surface area contributed by atoms with Crippen LogP contribution in [0.25, 0.3) is 10.4 Å². The molecule has 0 atom stereocenters. The first kappa shape index (κ1) is 18.5. The number of nitrogens with zero attached hydrogens (tertiary/aromatic N) is 4. The molecule has 0 radical (unpaired) electrons. The van der Waals surface area contributed by atoms with E-state index >= 15 is 0 Å². The first-order valence-corrected chi connectivity index (χ1v) is 9.73. The van der Waals surface area contributed by atoms with E-state index in [0.717, 1.165) is 43.3 Å². The van der Waals surface area contributed by atoms with E-state index in [1.54, 1.807) is 35.9 Å². The molecule has 0 unspecified atom stereocenters. The number of nitrogen functional groups attached to an aromatic ring is 1. The molecule has 144 valence electrons. The van der Waals surface area contributed by atoms with Crippen LogP contribution in [0.1, 0.15) is 15.2 Å². The highest BCUT2D eigenvalue weighted by Crippen LogP contribution is 2.30. The minimum absolute atomic E-state index is 0.181. The van der Waals surface area contributed by atoms with Crippen LogP contribution in [0.3, 0.4) is 0 Å². The molecule has 1 amide bonds. The molecule has 4 rings (SSSR count). The number of aromatic nitrogens is 3. The van der Waals surface area contributed by atoms with Crippen LogP contribution < -0.4 is 11.1 Å². The van der Waals surface area contributed by atoms with Gasteiger partial charge >= 0.3 is 0 Å². The zero-order chi connectivity index (χ0) is 19.3. The van der Waals surface area contributed by atoms with Crippen molar-refractivity contribution in [2.45, 2.75) is 6.54 Å². The molecule has 3 N–H and O–H groups in total. The van der Waals surface area contributed by atoms with Gasteiger partial charge in [0.1, 0.15) is 18.0 Å². The fourth-order valence-electron chi connectivity index (χ4n) is 2.94. The highest BCUT2D eigenvalue weighted by atomic mass is 32.1. The molecule has 0 bridgehead atoms. The van der Waals surface area contributed by atoms with E-state index in [1.807, 2.05) is 0 Å². The largest absolute Gasteiger partial charge is 0.383 e. The molecule has 8 nitrogen and oxygen atoms in total. The van der Waals surface area contributed by atoms with E-state index in [9.17, 15) is 4.79 Å². The molecule has 28 heavy (non-hydrogen) atoms. The zero-order valence-corrected chi connectivity index (χ0v) is 16.0. The van der Waals surface area contributed by atoms with E-state index in [2.05, 4.69) is 37.3 Å². The second-order valence-corrected chi connectivity index (χ2v) is 7.53. The van der Waals surface area contributed by atoms with Crippen molar-refractivity contribution in [3.63, 3.8) is 0 Å². The smallest absolute Gasteiger partial charge is 0.260 e. The fourth-order valence-corrected chi connectivity index (χ4v) is 3.97. The number of morpholine rings is 1. The van der Waals surface area contributed by atoms with E-state index < -0.39 is 0 Å². The van der Waals surface area contributed by atoms with E-state index in [0.29, 0.717) is 11.4 Å². The summed E-state index contributed by atoms with van der Waals surface area (Å²) in [5.41, 5.74) is 7.11. The van der Waals surface area contributed by atoms with Crippen molar-refractivity contribution < 1.29 is 9.53 Å². The predicted molar refractivity (Wildman–Crippen MR) is 108 cm³/mol. The van der Waals surface area contributed by atoms with Crippen LogP contribution in [0, 0.1) is 0 Å². The van der Waals surface area contributed by atoms with Crippen LogP contribution in [0.2, 0.25) is 0 Å². The van der Waals surface area contributed by atoms with Gasteiger partial charge in [0, 0.05) is 47.3 Å². The number of anilines is 2. The molecule has 1 aliphatic rings. The topological polar surface area (TPSA) is 106 Å². The van der Waals surface area contributed by atoms with Gasteiger partial charge in [0.2, 0.25) is 0 Å². The predicted octanol–water partition coefficient (Wildman–Crippen LogP) is 2.27. The molecule has 0 saturated carbocycles. The molecule has 1 saturated heterocycles.